The van der Waals surface area contributed by atoms with Crippen LogP contribution in [-0.4, -0.2) is 29.8 Å². The van der Waals surface area contributed by atoms with E-state index in [2.05, 4.69) is 5.32 Å². The minimum absolute atomic E-state index is 0.529. The lowest BCUT2D eigenvalue weighted by atomic mass is 9.96. The van der Waals surface area contributed by atoms with Crippen molar-refractivity contribution in [3.8, 4) is 5.75 Å². The van der Waals surface area contributed by atoms with Gasteiger partial charge in [0.1, 0.15) is 11.3 Å². The van der Waals surface area contributed by atoms with Gasteiger partial charge < -0.3 is 15.2 Å². The first-order chi connectivity index (χ1) is 9.49. The first-order valence-corrected chi connectivity index (χ1v) is 7.16. The van der Waals surface area contributed by atoms with Crippen LogP contribution >= 0.6 is 0 Å². The number of carboxylic acids is 1. The Labute approximate surface area is 121 Å². The average molecular weight is 279 g/mol. The van der Waals surface area contributed by atoms with E-state index in [0.29, 0.717) is 26.0 Å². The highest BCUT2D eigenvalue weighted by Crippen LogP contribution is 2.18. The number of para-hydroxylation sites is 1. The van der Waals surface area contributed by atoms with E-state index in [1.165, 1.54) is 0 Å². The number of carbonyl (C=O) groups is 1. The van der Waals surface area contributed by atoms with Crippen LogP contribution in [0, 0.1) is 6.92 Å². The Morgan fingerprint density at radius 2 is 2.10 bits per heavy atom. The van der Waals surface area contributed by atoms with Crippen molar-refractivity contribution >= 4 is 5.97 Å². The second kappa shape index (κ2) is 7.90. The van der Waals surface area contributed by atoms with Crippen molar-refractivity contribution in [1.29, 1.82) is 0 Å². The van der Waals surface area contributed by atoms with Crippen molar-refractivity contribution < 1.29 is 14.6 Å². The molecule has 0 radical (unpaired) electrons. The van der Waals surface area contributed by atoms with Crippen LogP contribution in [-0.2, 0) is 4.79 Å². The van der Waals surface area contributed by atoms with Gasteiger partial charge in [-0.15, -0.1) is 0 Å². The predicted molar refractivity (Wildman–Crippen MR) is 80.2 cm³/mol. The summed E-state index contributed by atoms with van der Waals surface area (Å²) < 4.78 is 5.70. The predicted octanol–water partition coefficient (Wildman–Crippen LogP) is 3.00. The van der Waals surface area contributed by atoms with Crippen LogP contribution in [0.25, 0.3) is 0 Å². The zero-order valence-electron chi connectivity index (χ0n) is 12.6. The summed E-state index contributed by atoms with van der Waals surface area (Å²) in [5, 5.41) is 12.4. The molecule has 1 aromatic carbocycles. The molecule has 0 heterocycles. The van der Waals surface area contributed by atoms with Crippen LogP contribution in [0.3, 0.4) is 0 Å². The van der Waals surface area contributed by atoms with E-state index < -0.39 is 11.5 Å². The van der Waals surface area contributed by atoms with Crippen molar-refractivity contribution in [3.05, 3.63) is 29.8 Å². The molecule has 4 heteroatoms. The molecule has 112 valence electrons. The Kier molecular flexibility index (Phi) is 6.52. The average Bonchev–Trinajstić information content (AvgIpc) is 2.43. The van der Waals surface area contributed by atoms with Crippen molar-refractivity contribution in [2.24, 2.45) is 0 Å². The molecule has 20 heavy (non-hydrogen) atoms. The molecule has 1 atom stereocenters. The molecular formula is C16H25NO3. The van der Waals surface area contributed by atoms with Gasteiger partial charge in [-0.05, 0) is 51.3 Å². The summed E-state index contributed by atoms with van der Waals surface area (Å²) >= 11 is 0. The standard InChI is InChI=1S/C16H25NO3/c1-4-11-17-16(3,15(18)19)10-7-12-20-14-9-6-5-8-13(14)2/h5-6,8-9,17H,4,7,10-12H2,1-3H3,(H,18,19). The molecule has 0 aliphatic heterocycles. The van der Waals surface area contributed by atoms with Crippen molar-refractivity contribution in [2.75, 3.05) is 13.2 Å². The van der Waals surface area contributed by atoms with Crippen molar-refractivity contribution in [3.63, 3.8) is 0 Å². The first-order valence-electron chi connectivity index (χ1n) is 7.16. The molecule has 0 saturated carbocycles. The second-order valence-corrected chi connectivity index (χ2v) is 5.28. The summed E-state index contributed by atoms with van der Waals surface area (Å²) in [5.41, 5.74) is 0.225. The van der Waals surface area contributed by atoms with E-state index in [-0.39, 0.29) is 0 Å². The second-order valence-electron chi connectivity index (χ2n) is 5.28. The lowest BCUT2D eigenvalue weighted by Crippen LogP contribution is -2.49. The van der Waals surface area contributed by atoms with E-state index >= 15 is 0 Å². The van der Waals surface area contributed by atoms with Crippen molar-refractivity contribution in [1.82, 2.24) is 5.32 Å². The molecular weight excluding hydrogens is 254 g/mol. The fourth-order valence-corrected chi connectivity index (χ4v) is 2.00. The van der Waals surface area contributed by atoms with Gasteiger partial charge >= 0.3 is 5.97 Å². The van der Waals surface area contributed by atoms with Gasteiger partial charge in [-0.1, -0.05) is 25.1 Å². The number of hydrogen-bond acceptors (Lipinski definition) is 3. The molecule has 1 aromatic rings. The van der Waals surface area contributed by atoms with Crippen LogP contribution in [0.1, 0.15) is 38.7 Å². The molecule has 0 fully saturated rings. The van der Waals surface area contributed by atoms with Gasteiger partial charge in [0.25, 0.3) is 0 Å². The highest BCUT2D eigenvalue weighted by molar-refractivity contribution is 5.78. The third-order valence-corrected chi connectivity index (χ3v) is 3.41. The van der Waals surface area contributed by atoms with E-state index in [4.69, 9.17) is 4.74 Å². The largest absolute Gasteiger partial charge is 0.493 e. The summed E-state index contributed by atoms with van der Waals surface area (Å²) in [7, 11) is 0. The number of rotatable bonds is 9. The molecule has 0 aliphatic carbocycles. The van der Waals surface area contributed by atoms with Gasteiger partial charge in [0.05, 0.1) is 6.61 Å². The smallest absolute Gasteiger partial charge is 0.323 e. The van der Waals surface area contributed by atoms with Gasteiger partial charge in [-0.2, -0.15) is 0 Å². The molecule has 0 aliphatic rings. The molecule has 1 unspecified atom stereocenters. The SMILES string of the molecule is CCCNC(C)(CCCOc1ccccc1C)C(=O)O. The van der Waals surface area contributed by atoms with E-state index in [1.807, 2.05) is 38.1 Å². The summed E-state index contributed by atoms with van der Waals surface area (Å²) in [6.07, 6.45) is 2.17. The number of benzene rings is 1. The Morgan fingerprint density at radius 1 is 1.40 bits per heavy atom. The highest BCUT2D eigenvalue weighted by atomic mass is 16.5. The first kappa shape index (κ1) is 16.5. The maximum absolute atomic E-state index is 11.3. The molecule has 2 N–H and O–H groups in total. The molecule has 0 saturated heterocycles. The Morgan fingerprint density at radius 3 is 2.70 bits per heavy atom. The van der Waals surface area contributed by atoms with Crippen LogP contribution in [0.4, 0.5) is 0 Å². The number of hydrogen-bond donors (Lipinski definition) is 2. The third kappa shape index (κ3) is 4.85. The van der Waals surface area contributed by atoms with Gasteiger partial charge in [-0.25, -0.2) is 0 Å². The third-order valence-electron chi connectivity index (χ3n) is 3.41. The van der Waals surface area contributed by atoms with Crippen molar-refractivity contribution in [2.45, 2.75) is 45.6 Å². The Bertz CT molecular complexity index is 433. The highest BCUT2D eigenvalue weighted by Gasteiger charge is 2.31. The molecule has 0 aromatic heterocycles. The maximum Gasteiger partial charge on any atom is 0.323 e. The molecule has 0 bridgehead atoms. The zero-order valence-corrected chi connectivity index (χ0v) is 12.6. The van der Waals surface area contributed by atoms with Gasteiger partial charge in [0.15, 0.2) is 0 Å². The van der Waals surface area contributed by atoms with Crippen LogP contribution < -0.4 is 10.1 Å². The lowest BCUT2D eigenvalue weighted by Gasteiger charge is -2.26. The van der Waals surface area contributed by atoms with Gasteiger partial charge in [-0.3, -0.25) is 4.79 Å². The monoisotopic (exact) mass is 279 g/mol. The van der Waals surface area contributed by atoms with E-state index in [9.17, 15) is 9.90 Å². The number of nitrogens with one attached hydrogen (secondary N) is 1. The molecule has 1 rings (SSSR count). The topological polar surface area (TPSA) is 58.6 Å². The van der Waals surface area contributed by atoms with Gasteiger partial charge in [0, 0.05) is 0 Å². The van der Waals surface area contributed by atoms with E-state index in [0.717, 1.165) is 17.7 Å². The summed E-state index contributed by atoms with van der Waals surface area (Å²) in [4.78, 5) is 11.3. The summed E-state index contributed by atoms with van der Waals surface area (Å²) in [6.45, 7) is 7.00. The number of ether oxygens (including phenoxy) is 1. The van der Waals surface area contributed by atoms with Crippen LogP contribution in [0.15, 0.2) is 24.3 Å². The molecule has 4 nitrogen and oxygen atoms in total. The minimum Gasteiger partial charge on any atom is -0.493 e. The molecule has 0 amide bonds. The Hall–Kier alpha value is -1.55. The number of aryl methyl sites for hydroxylation is 1. The molecule has 0 spiro atoms. The number of carboxylic acid groups (broad SMARTS) is 1. The van der Waals surface area contributed by atoms with Crippen LogP contribution in [0.2, 0.25) is 0 Å². The fraction of sp³-hybridized carbons (Fsp3) is 0.562. The van der Waals surface area contributed by atoms with Gasteiger partial charge in [0.2, 0.25) is 0 Å². The quantitative estimate of drug-likeness (QED) is 0.682. The normalized spacial score (nSPS) is 13.8. The fourth-order valence-electron chi connectivity index (χ4n) is 2.00. The zero-order chi connectivity index (χ0) is 15.0. The van der Waals surface area contributed by atoms with E-state index in [1.54, 1.807) is 6.92 Å². The summed E-state index contributed by atoms with van der Waals surface area (Å²) in [6, 6.07) is 7.84. The Balaban J connectivity index is 2.41. The minimum atomic E-state index is -0.870. The lowest BCUT2D eigenvalue weighted by molar-refractivity contribution is -0.144. The number of aliphatic carboxylic acids is 1. The van der Waals surface area contributed by atoms with Crippen LogP contribution in [0.5, 0.6) is 5.75 Å². The maximum atomic E-state index is 11.3. The summed E-state index contributed by atoms with van der Waals surface area (Å²) in [5.74, 6) is 0.0629.